The number of imide groups is 1. The van der Waals surface area contributed by atoms with Crippen LogP contribution in [0.4, 0.5) is 5.69 Å². The molecule has 2 fully saturated rings. The Bertz CT molecular complexity index is 848. The van der Waals surface area contributed by atoms with E-state index >= 15 is 0 Å². The molecule has 0 unspecified atom stereocenters. The smallest absolute Gasteiger partial charge is 0.250 e. The number of nitrogens with zero attached hydrogens (tertiary/aromatic N) is 1. The standard InChI is InChI=1S/C20H24BrN3O3S/c1-3-4-8-24-17(25)15-14(7-9-28-2)23-20(16(15)18(24)26)12-10-11(21)5-6-13(12)22-19(20)27/h5-6,10,14-16,23H,3-4,7-9H2,1-2H3,(H,22,27)/t14-,15+,16-,20+/m0/s1. The van der Waals surface area contributed by atoms with Gasteiger partial charge in [0.05, 0.1) is 11.8 Å². The van der Waals surface area contributed by atoms with Crippen molar-refractivity contribution in [3.63, 3.8) is 0 Å². The van der Waals surface area contributed by atoms with E-state index in [0.29, 0.717) is 12.2 Å². The summed E-state index contributed by atoms with van der Waals surface area (Å²) in [6.07, 6.45) is 4.44. The van der Waals surface area contributed by atoms with Crippen LogP contribution in [0.25, 0.3) is 0 Å². The third kappa shape index (κ3) is 2.75. The van der Waals surface area contributed by atoms with Gasteiger partial charge in [-0.25, -0.2) is 0 Å². The highest BCUT2D eigenvalue weighted by molar-refractivity contribution is 9.10. The summed E-state index contributed by atoms with van der Waals surface area (Å²) in [4.78, 5) is 41.2. The highest BCUT2D eigenvalue weighted by Gasteiger charge is 2.70. The maximum Gasteiger partial charge on any atom is 0.250 e. The summed E-state index contributed by atoms with van der Waals surface area (Å²) in [5, 5.41) is 6.39. The van der Waals surface area contributed by atoms with Gasteiger partial charge in [0.25, 0.3) is 0 Å². The highest BCUT2D eigenvalue weighted by atomic mass is 79.9. The van der Waals surface area contributed by atoms with E-state index in [2.05, 4.69) is 26.6 Å². The minimum Gasteiger partial charge on any atom is -0.324 e. The van der Waals surface area contributed by atoms with Crippen molar-refractivity contribution in [3.8, 4) is 0 Å². The van der Waals surface area contributed by atoms with Crippen molar-refractivity contribution in [1.29, 1.82) is 0 Å². The molecule has 0 aromatic heterocycles. The van der Waals surface area contributed by atoms with Crippen LogP contribution in [-0.2, 0) is 19.9 Å². The van der Waals surface area contributed by atoms with E-state index in [0.717, 1.165) is 35.1 Å². The number of hydrogen-bond donors (Lipinski definition) is 2. The SMILES string of the molecule is CCCCN1C(=O)[C@@H]2[C@H](CCSC)N[C@@]3(C(=O)Nc4ccc(Br)cc43)[C@@H]2C1=O. The summed E-state index contributed by atoms with van der Waals surface area (Å²) in [5.41, 5.74) is 0.282. The number of fused-ring (bicyclic) bond motifs is 4. The lowest BCUT2D eigenvalue weighted by molar-refractivity contribution is -0.142. The van der Waals surface area contributed by atoms with Crippen LogP contribution in [0.1, 0.15) is 31.7 Å². The number of anilines is 1. The first-order valence-electron chi connectivity index (χ1n) is 9.69. The zero-order chi connectivity index (χ0) is 20.1. The molecule has 4 atom stereocenters. The molecule has 0 radical (unpaired) electrons. The third-order valence-corrected chi connectivity index (χ3v) is 7.27. The first-order chi connectivity index (χ1) is 13.5. The van der Waals surface area contributed by atoms with Crippen LogP contribution in [0.5, 0.6) is 0 Å². The van der Waals surface area contributed by atoms with Gasteiger partial charge < -0.3 is 5.32 Å². The molecule has 1 aromatic carbocycles. The van der Waals surface area contributed by atoms with E-state index in [1.807, 2.05) is 31.4 Å². The van der Waals surface area contributed by atoms with Crippen LogP contribution < -0.4 is 10.6 Å². The number of carbonyl (C=O) groups is 3. The Balaban J connectivity index is 1.81. The van der Waals surface area contributed by atoms with Crippen molar-refractivity contribution in [2.24, 2.45) is 11.8 Å². The second kappa shape index (κ2) is 7.46. The fourth-order valence-corrected chi connectivity index (χ4v) is 5.71. The molecule has 1 aromatic rings. The van der Waals surface area contributed by atoms with Gasteiger partial charge in [-0.1, -0.05) is 29.3 Å². The topological polar surface area (TPSA) is 78.5 Å². The van der Waals surface area contributed by atoms with Gasteiger partial charge in [0.1, 0.15) is 5.54 Å². The van der Waals surface area contributed by atoms with Gasteiger partial charge in [-0.05, 0) is 43.0 Å². The molecule has 150 valence electrons. The first kappa shape index (κ1) is 19.9. The molecule has 2 saturated heterocycles. The van der Waals surface area contributed by atoms with Crippen molar-refractivity contribution < 1.29 is 14.4 Å². The van der Waals surface area contributed by atoms with Crippen LogP contribution in [0.3, 0.4) is 0 Å². The first-order valence-corrected chi connectivity index (χ1v) is 11.9. The van der Waals surface area contributed by atoms with Gasteiger partial charge in [0.15, 0.2) is 0 Å². The Morgan fingerprint density at radius 2 is 2.04 bits per heavy atom. The average molecular weight is 466 g/mol. The number of halogens is 1. The molecule has 0 saturated carbocycles. The minimum absolute atomic E-state index is 0.129. The lowest BCUT2D eigenvalue weighted by Gasteiger charge is -2.29. The number of unbranched alkanes of at least 4 members (excludes halogenated alkanes) is 1. The Hall–Kier alpha value is -1.38. The van der Waals surface area contributed by atoms with Gasteiger partial charge >= 0.3 is 0 Å². The lowest BCUT2D eigenvalue weighted by Crippen LogP contribution is -2.53. The molecule has 4 rings (SSSR count). The lowest BCUT2D eigenvalue weighted by atomic mass is 9.76. The molecule has 0 bridgehead atoms. The van der Waals surface area contributed by atoms with Crippen LogP contribution in [0.15, 0.2) is 22.7 Å². The number of likely N-dealkylation sites (tertiary alicyclic amines) is 1. The third-order valence-electron chi connectivity index (χ3n) is 6.14. The van der Waals surface area contributed by atoms with Gasteiger partial charge in [0, 0.05) is 28.3 Å². The monoisotopic (exact) mass is 465 g/mol. The molecular weight excluding hydrogens is 442 g/mol. The fraction of sp³-hybridized carbons (Fsp3) is 0.550. The zero-order valence-corrected chi connectivity index (χ0v) is 18.4. The number of thioether (sulfide) groups is 1. The van der Waals surface area contributed by atoms with Gasteiger partial charge in [-0.2, -0.15) is 11.8 Å². The molecule has 3 aliphatic rings. The molecule has 2 N–H and O–H groups in total. The number of carbonyl (C=O) groups excluding carboxylic acids is 3. The summed E-state index contributed by atoms with van der Waals surface area (Å²) in [6, 6.07) is 5.40. The molecule has 8 heteroatoms. The average Bonchev–Trinajstić information content (AvgIpc) is 3.24. The molecular formula is C20H24BrN3O3S. The predicted octanol–water partition coefficient (Wildman–Crippen LogP) is 2.72. The Labute approximate surface area is 177 Å². The van der Waals surface area contributed by atoms with Crippen molar-refractivity contribution in [1.82, 2.24) is 10.2 Å². The number of hydrogen-bond acceptors (Lipinski definition) is 5. The quantitative estimate of drug-likeness (QED) is 0.631. The van der Waals surface area contributed by atoms with Crippen LogP contribution in [0.2, 0.25) is 0 Å². The summed E-state index contributed by atoms with van der Waals surface area (Å²) >= 11 is 5.19. The van der Waals surface area contributed by atoms with Crippen molar-refractivity contribution in [3.05, 3.63) is 28.2 Å². The minimum atomic E-state index is -1.18. The molecule has 1 spiro atoms. The molecule has 0 aliphatic carbocycles. The maximum absolute atomic E-state index is 13.4. The molecule has 28 heavy (non-hydrogen) atoms. The Kier molecular flexibility index (Phi) is 5.31. The number of rotatable bonds is 6. The highest BCUT2D eigenvalue weighted by Crippen LogP contribution is 2.53. The Morgan fingerprint density at radius 1 is 1.25 bits per heavy atom. The Morgan fingerprint density at radius 3 is 2.75 bits per heavy atom. The molecule has 6 nitrogen and oxygen atoms in total. The summed E-state index contributed by atoms with van der Waals surface area (Å²) in [5.74, 6) is -0.909. The molecule has 3 heterocycles. The van der Waals surface area contributed by atoms with Crippen LogP contribution in [-0.4, -0.2) is 47.2 Å². The van der Waals surface area contributed by atoms with Crippen LogP contribution >= 0.6 is 27.7 Å². The van der Waals surface area contributed by atoms with Crippen molar-refractivity contribution in [2.75, 3.05) is 23.9 Å². The normalized spacial score (nSPS) is 30.9. The number of amides is 3. The van der Waals surface area contributed by atoms with Crippen molar-refractivity contribution >= 4 is 51.1 Å². The van der Waals surface area contributed by atoms with Crippen LogP contribution in [0, 0.1) is 11.8 Å². The van der Waals surface area contributed by atoms with E-state index in [1.54, 1.807) is 11.8 Å². The number of benzene rings is 1. The van der Waals surface area contributed by atoms with E-state index in [9.17, 15) is 14.4 Å². The molecule has 3 aliphatic heterocycles. The molecule has 3 amide bonds. The van der Waals surface area contributed by atoms with E-state index in [4.69, 9.17) is 0 Å². The van der Waals surface area contributed by atoms with Gasteiger partial charge in [-0.3, -0.25) is 24.6 Å². The van der Waals surface area contributed by atoms with Crippen molar-refractivity contribution in [2.45, 2.75) is 37.8 Å². The summed E-state index contributed by atoms with van der Waals surface area (Å²) < 4.78 is 0.840. The second-order valence-electron chi connectivity index (χ2n) is 7.67. The summed E-state index contributed by atoms with van der Waals surface area (Å²) in [7, 11) is 0. The largest absolute Gasteiger partial charge is 0.324 e. The number of nitrogens with one attached hydrogen (secondary N) is 2. The second-order valence-corrected chi connectivity index (χ2v) is 9.57. The fourth-order valence-electron chi connectivity index (χ4n) is 4.86. The zero-order valence-electron chi connectivity index (χ0n) is 16.0. The van der Waals surface area contributed by atoms with Gasteiger partial charge in [0.2, 0.25) is 17.7 Å². The van der Waals surface area contributed by atoms with E-state index in [-0.39, 0.29) is 23.8 Å². The van der Waals surface area contributed by atoms with E-state index in [1.165, 1.54) is 4.90 Å². The maximum atomic E-state index is 13.4. The summed E-state index contributed by atoms with van der Waals surface area (Å²) in [6.45, 7) is 2.47. The predicted molar refractivity (Wildman–Crippen MR) is 113 cm³/mol. The van der Waals surface area contributed by atoms with E-state index < -0.39 is 17.4 Å². The van der Waals surface area contributed by atoms with Gasteiger partial charge in [-0.15, -0.1) is 0 Å².